The van der Waals surface area contributed by atoms with Crippen molar-refractivity contribution in [3.05, 3.63) is 58.7 Å². The Morgan fingerprint density at radius 2 is 1.94 bits per heavy atom. The predicted octanol–water partition coefficient (Wildman–Crippen LogP) is 3.48. The van der Waals surface area contributed by atoms with Crippen LogP contribution in [0.2, 0.25) is 0 Å². The van der Waals surface area contributed by atoms with Crippen molar-refractivity contribution in [3.8, 4) is 0 Å². The van der Waals surface area contributed by atoms with Crippen LogP contribution in [0, 0.1) is 0 Å². The van der Waals surface area contributed by atoms with Gasteiger partial charge in [-0.05, 0) is 23.9 Å². The molecule has 0 aliphatic carbocycles. The van der Waals surface area contributed by atoms with Crippen molar-refractivity contribution >= 4 is 22.2 Å². The van der Waals surface area contributed by atoms with Crippen molar-refractivity contribution in [2.75, 3.05) is 0 Å². The molecule has 0 spiro atoms. The third-order valence-corrected chi connectivity index (χ3v) is 3.65. The number of hydrogen-bond acceptors (Lipinski definition) is 3. The van der Waals surface area contributed by atoms with Crippen LogP contribution in [-0.4, -0.2) is 9.97 Å². The summed E-state index contributed by atoms with van der Waals surface area (Å²) < 4.78 is 0. The van der Waals surface area contributed by atoms with Gasteiger partial charge in [0, 0.05) is 22.9 Å². The Kier molecular flexibility index (Phi) is 2.84. The zero-order valence-corrected chi connectivity index (χ0v) is 10.2. The van der Waals surface area contributed by atoms with Gasteiger partial charge in [-0.15, -0.1) is 11.3 Å². The van der Waals surface area contributed by atoms with Crippen LogP contribution in [0.4, 0.5) is 0 Å². The van der Waals surface area contributed by atoms with Crippen LogP contribution in [0.1, 0.15) is 10.7 Å². The largest absolute Gasteiger partial charge is 0.241 e. The third kappa shape index (κ3) is 2.34. The fraction of sp³-hybridized carbons (Fsp3) is 0.143. The lowest BCUT2D eigenvalue weighted by molar-refractivity contribution is 0.880. The van der Waals surface area contributed by atoms with Crippen LogP contribution in [0.15, 0.2) is 48.0 Å². The molecule has 0 aliphatic rings. The number of benzene rings is 1. The van der Waals surface area contributed by atoms with Crippen molar-refractivity contribution < 1.29 is 0 Å². The molecule has 0 amide bonds. The molecule has 0 fully saturated rings. The quantitative estimate of drug-likeness (QED) is 0.700. The second-order valence-corrected chi connectivity index (χ2v) is 4.96. The van der Waals surface area contributed by atoms with E-state index < -0.39 is 0 Å². The van der Waals surface area contributed by atoms with Gasteiger partial charge in [0.25, 0.3) is 0 Å². The summed E-state index contributed by atoms with van der Waals surface area (Å²) >= 11 is 1.79. The van der Waals surface area contributed by atoms with Gasteiger partial charge in [0.15, 0.2) is 0 Å². The molecule has 2 nitrogen and oxygen atoms in total. The average Bonchev–Trinajstić information content (AvgIpc) is 2.89. The summed E-state index contributed by atoms with van der Waals surface area (Å²) in [4.78, 5) is 10.4. The Hall–Kier alpha value is -1.74. The van der Waals surface area contributed by atoms with Crippen molar-refractivity contribution in [2.24, 2.45) is 0 Å². The van der Waals surface area contributed by atoms with E-state index in [1.165, 1.54) is 4.88 Å². The summed E-state index contributed by atoms with van der Waals surface area (Å²) in [5.41, 5.74) is 1.03. The molecule has 1 aromatic carbocycles. The van der Waals surface area contributed by atoms with Gasteiger partial charge in [-0.1, -0.05) is 24.3 Å². The van der Waals surface area contributed by atoms with E-state index in [1.807, 2.05) is 30.5 Å². The summed E-state index contributed by atoms with van der Waals surface area (Å²) in [5.74, 6) is 0.928. The molecule has 3 aromatic rings. The summed E-state index contributed by atoms with van der Waals surface area (Å²) in [7, 11) is 0. The first-order chi connectivity index (χ1) is 8.42. The predicted molar refractivity (Wildman–Crippen MR) is 71.3 cm³/mol. The molecule has 2 aromatic heterocycles. The van der Waals surface area contributed by atoms with E-state index in [2.05, 4.69) is 27.5 Å². The van der Waals surface area contributed by atoms with Crippen molar-refractivity contribution in [3.63, 3.8) is 0 Å². The lowest BCUT2D eigenvalue weighted by Crippen LogP contribution is -1.97. The highest BCUT2D eigenvalue weighted by molar-refractivity contribution is 7.09. The van der Waals surface area contributed by atoms with Gasteiger partial charge in [-0.25, -0.2) is 9.97 Å². The molecule has 0 atom stereocenters. The van der Waals surface area contributed by atoms with Gasteiger partial charge in [-0.2, -0.15) is 0 Å². The van der Waals surface area contributed by atoms with Crippen LogP contribution in [0.25, 0.3) is 10.9 Å². The Balaban J connectivity index is 1.81. The molecule has 3 rings (SSSR count). The number of aromatic nitrogens is 2. The SMILES string of the molecule is c1csc(CCc2ncc3ccccc3n2)c1. The topological polar surface area (TPSA) is 25.8 Å². The van der Waals surface area contributed by atoms with E-state index in [1.54, 1.807) is 11.3 Å². The van der Waals surface area contributed by atoms with Crippen LogP contribution in [0.3, 0.4) is 0 Å². The Labute approximate surface area is 104 Å². The van der Waals surface area contributed by atoms with Gasteiger partial charge in [0.1, 0.15) is 5.82 Å². The van der Waals surface area contributed by atoms with Crippen molar-refractivity contribution in [2.45, 2.75) is 12.8 Å². The second-order valence-electron chi connectivity index (χ2n) is 3.92. The van der Waals surface area contributed by atoms with Gasteiger partial charge >= 0.3 is 0 Å². The maximum absolute atomic E-state index is 4.57. The van der Waals surface area contributed by atoms with E-state index in [0.29, 0.717) is 0 Å². The van der Waals surface area contributed by atoms with Crippen LogP contribution in [-0.2, 0) is 12.8 Å². The summed E-state index contributed by atoms with van der Waals surface area (Å²) in [5, 5.41) is 3.21. The second kappa shape index (κ2) is 4.63. The Morgan fingerprint density at radius 3 is 2.82 bits per heavy atom. The smallest absolute Gasteiger partial charge is 0.129 e. The third-order valence-electron chi connectivity index (χ3n) is 2.71. The molecule has 0 N–H and O–H groups in total. The maximum Gasteiger partial charge on any atom is 0.129 e. The van der Waals surface area contributed by atoms with Gasteiger partial charge in [0.05, 0.1) is 5.52 Å². The molecule has 0 saturated heterocycles. The highest BCUT2D eigenvalue weighted by Crippen LogP contribution is 2.13. The maximum atomic E-state index is 4.57. The fourth-order valence-electron chi connectivity index (χ4n) is 1.82. The van der Waals surface area contributed by atoms with E-state index in [4.69, 9.17) is 0 Å². The normalized spacial score (nSPS) is 10.8. The number of aryl methyl sites for hydroxylation is 2. The molecule has 84 valence electrons. The molecule has 3 heteroatoms. The molecule has 0 aliphatic heterocycles. The fourth-order valence-corrected chi connectivity index (χ4v) is 2.53. The zero-order valence-electron chi connectivity index (χ0n) is 9.34. The minimum atomic E-state index is 0.908. The van der Waals surface area contributed by atoms with Crippen molar-refractivity contribution in [1.82, 2.24) is 9.97 Å². The standard InChI is InChI=1S/C14H12N2S/c1-2-6-13-11(4-1)10-15-14(16-13)8-7-12-5-3-9-17-12/h1-6,9-10H,7-8H2. The highest BCUT2D eigenvalue weighted by Gasteiger charge is 2.01. The number of thiophene rings is 1. The monoisotopic (exact) mass is 240 g/mol. The number of fused-ring (bicyclic) bond motifs is 1. The summed E-state index contributed by atoms with van der Waals surface area (Å²) in [6.07, 6.45) is 3.84. The molecular weight excluding hydrogens is 228 g/mol. The lowest BCUT2D eigenvalue weighted by Gasteiger charge is -2.01. The molecule has 2 heterocycles. The molecule has 0 radical (unpaired) electrons. The van der Waals surface area contributed by atoms with Gasteiger partial charge < -0.3 is 0 Å². The first kappa shape index (κ1) is 10.4. The molecule has 0 bridgehead atoms. The average molecular weight is 240 g/mol. The van der Waals surface area contributed by atoms with E-state index in [9.17, 15) is 0 Å². The van der Waals surface area contributed by atoms with Gasteiger partial charge in [0.2, 0.25) is 0 Å². The zero-order chi connectivity index (χ0) is 11.5. The highest BCUT2D eigenvalue weighted by atomic mass is 32.1. The Morgan fingerprint density at radius 1 is 1.00 bits per heavy atom. The number of para-hydroxylation sites is 1. The lowest BCUT2D eigenvalue weighted by atomic mass is 10.2. The molecule has 17 heavy (non-hydrogen) atoms. The number of rotatable bonds is 3. The van der Waals surface area contributed by atoms with E-state index >= 15 is 0 Å². The summed E-state index contributed by atoms with van der Waals surface area (Å²) in [6, 6.07) is 12.3. The number of hydrogen-bond donors (Lipinski definition) is 0. The molecular formula is C14H12N2S. The minimum absolute atomic E-state index is 0.908. The minimum Gasteiger partial charge on any atom is -0.241 e. The van der Waals surface area contributed by atoms with E-state index in [0.717, 1.165) is 29.6 Å². The van der Waals surface area contributed by atoms with Crippen LogP contribution < -0.4 is 0 Å². The van der Waals surface area contributed by atoms with Crippen LogP contribution >= 0.6 is 11.3 Å². The van der Waals surface area contributed by atoms with E-state index in [-0.39, 0.29) is 0 Å². The first-order valence-corrected chi connectivity index (χ1v) is 6.53. The first-order valence-electron chi connectivity index (χ1n) is 5.65. The molecule has 0 unspecified atom stereocenters. The Bertz CT molecular complexity index is 617. The summed E-state index contributed by atoms with van der Waals surface area (Å²) in [6.45, 7) is 0. The number of nitrogens with zero attached hydrogens (tertiary/aromatic N) is 2. The van der Waals surface area contributed by atoms with Gasteiger partial charge in [-0.3, -0.25) is 0 Å². The molecule has 0 saturated carbocycles. The van der Waals surface area contributed by atoms with Crippen molar-refractivity contribution in [1.29, 1.82) is 0 Å². The van der Waals surface area contributed by atoms with Crippen LogP contribution in [0.5, 0.6) is 0 Å².